The normalized spacial score (nSPS) is 15.7. The topological polar surface area (TPSA) is 40.5 Å². The van der Waals surface area contributed by atoms with Crippen LogP contribution in [0.5, 0.6) is 0 Å². The van der Waals surface area contributed by atoms with Gasteiger partial charge in [0.2, 0.25) is 0 Å². The Hall–Kier alpha value is -0.500. The molecule has 0 aliphatic heterocycles. The predicted molar refractivity (Wildman–Crippen MR) is 23.4 cm³/mol. The van der Waals surface area contributed by atoms with Gasteiger partial charge in [0.05, 0.1) is 12.4 Å². The molecule has 0 unspecified atom stereocenters. The number of aliphatic hydroxyl groups is 2. The molecule has 0 aliphatic rings. The first-order valence-electron chi connectivity index (χ1n) is 1.76. The Morgan fingerprint density at radius 1 is 1.67 bits per heavy atom. The largest absolute Gasteiger partial charge is 0.516 e. The lowest BCUT2D eigenvalue weighted by Gasteiger charge is -1.86. The Bertz CT molecular complexity index is 47.5. The van der Waals surface area contributed by atoms with Gasteiger partial charge in [0.15, 0.2) is 0 Å². The zero-order valence-corrected chi connectivity index (χ0v) is 3.63. The van der Waals surface area contributed by atoms with Gasteiger partial charge in [-0.2, -0.15) is 0 Å². The smallest absolute Gasteiger partial charge is 0.0777 e. The summed E-state index contributed by atoms with van der Waals surface area (Å²) >= 11 is 0. The summed E-state index contributed by atoms with van der Waals surface area (Å²) in [5.74, 6) is 0. The molecule has 2 N–H and O–H groups in total. The van der Waals surface area contributed by atoms with Crippen molar-refractivity contribution < 1.29 is 10.2 Å². The van der Waals surface area contributed by atoms with Crippen molar-refractivity contribution in [1.82, 2.24) is 0 Å². The van der Waals surface area contributed by atoms with E-state index in [1.54, 1.807) is 6.92 Å². The lowest BCUT2D eigenvalue weighted by atomic mass is 10.4. The van der Waals surface area contributed by atoms with Crippen LogP contribution in [0.15, 0.2) is 12.3 Å². The average molecular weight is 88.1 g/mol. The highest BCUT2D eigenvalue weighted by molar-refractivity contribution is 4.76. The molecule has 0 saturated heterocycles. The lowest BCUT2D eigenvalue weighted by Crippen LogP contribution is -1.90. The second-order valence-corrected chi connectivity index (χ2v) is 1.08. The van der Waals surface area contributed by atoms with Crippen LogP contribution in [0.25, 0.3) is 0 Å². The summed E-state index contributed by atoms with van der Waals surface area (Å²) in [6.07, 6.45) is 1.57. The molecule has 0 amide bonds. The summed E-state index contributed by atoms with van der Waals surface area (Å²) in [6.45, 7) is 1.56. The third-order valence-corrected chi connectivity index (χ3v) is 0.365. The van der Waals surface area contributed by atoms with E-state index in [0.717, 1.165) is 6.26 Å². The molecule has 0 bridgehead atoms. The number of rotatable bonds is 1. The molecular formula is C4H8O2. The lowest BCUT2D eigenvalue weighted by molar-refractivity contribution is 0.240. The summed E-state index contributed by atoms with van der Waals surface area (Å²) in [6, 6.07) is 0. The Morgan fingerprint density at radius 3 is 2.17 bits per heavy atom. The van der Waals surface area contributed by atoms with E-state index in [0.29, 0.717) is 0 Å². The van der Waals surface area contributed by atoms with Gasteiger partial charge in [-0.3, -0.25) is 0 Å². The Labute approximate surface area is 36.7 Å². The quantitative estimate of drug-likeness (QED) is 0.456. The van der Waals surface area contributed by atoms with Gasteiger partial charge < -0.3 is 10.2 Å². The molecule has 0 aromatic heterocycles. The van der Waals surface area contributed by atoms with Crippen LogP contribution in [0, 0.1) is 0 Å². The summed E-state index contributed by atoms with van der Waals surface area (Å²) in [7, 11) is 0. The molecule has 2 nitrogen and oxygen atoms in total. The van der Waals surface area contributed by atoms with Gasteiger partial charge in [-0.05, 0) is 13.0 Å². The van der Waals surface area contributed by atoms with Crippen molar-refractivity contribution in [2.45, 2.75) is 13.0 Å². The van der Waals surface area contributed by atoms with Crippen LogP contribution in [0.1, 0.15) is 6.92 Å². The molecule has 0 saturated carbocycles. The van der Waals surface area contributed by atoms with E-state index in [1.165, 1.54) is 6.08 Å². The van der Waals surface area contributed by atoms with E-state index in [1.807, 2.05) is 0 Å². The van der Waals surface area contributed by atoms with Crippen molar-refractivity contribution in [3.8, 4) is 0 Å². The molecule has 1 atom stereocenters. The van der Waals surface area contributed by atoms with Crippen molar-refractivity contribution in [1.29, 1.82) is 0 Å². The molecule has 0 aromatic rings. The summed E-state index contributed by atoms with van der Waals surface area (Å²) in [4.78, 5) is 0. The first-order valence-corrected chi connectivity index (χ1v) is 1.76. The van der Waals surface area contributed by atoms with Crippen LogP contribution in [0.2, 0.25) is 0 Å². The fourth-order valence-corrected chi connectivity index (χ4v) is 0.125. The molecule has 0 radical (unpaired) electrons. The van der Waals surface area contributed by atoms with Crippen LogP contribution in [-0.4, -0.2) is 16.3 Å². The van der Waals surface area contributed by atoms with E-state index < -0.39 is 6.10 Å². The fraction of sp³-hybridized carbons (Fsp3) is 0.500. The second-order valence-electron chi connectivity index (χ2n) is 1.08. The minimum Gasteiger partial charge on any atom is -0.516 e. The van der Waals surface area contributed by atoms with Gasteiger partial charge in [0, 0.05) is 0 Å². The van der Waals surface area contributed by atoms with Crippen molar-refractivity contribution in [3.63, 3.8) is 0 Å². The van der Waals surface area contributed by atoms with Gasteiger partial charge in [-0.15, -0.1) is 0 Å². The molecule has 2 heteroatoms. The maximum atomic E-state index is 8.31. The van der Waals surface area contributed by atoms with Crippen molar-refractivity contribution in [3.05, 3.63) is 12.3 Å². The van der Waals surface area contributed by atoms with Crippen LogP contribution in [0.4, 0.5) is 0 Å². The molecule has 6 heavy (non-hydrogen) atoms. The molecule has 0 rings (SSSR count). The third kappa shape index (κ3) is 3.50. The van der Waals surface area contributed by atoms with Crippen LogP contribution in [-0.2, 0) is 0 Å². The van der Waals surface area contributed by atoms with E-state index in [2.05, 4.69) is 0 Å². The zero-order valence-electron chi connectivity index (χ0n) is 3.63. The molecule has 0 spiro atoms. The highest BCUT2D eigenvalue weighted by atomic mass is 16.3. The third-order valence-electron chi connectivity index (χ3n) is 0.365. The van der Waals surface area contributed by atoms with Crippen molar-refractivity contribution in [2.24, 2.45) is 0 Å². The van der Waals surface area contributed by atoms with Gasteiger partial charge in [-0.1, -0.05) is 0 Å². The summed E-state index contributed by atoms with van der Waals surface area (Å²) < 4.78 is 0. The maximum absolute atomic E-state index is 8.31. The minimum absolute atomic E-state index is 0.532. The number of hydrogen-bond acceptors (Lipinski definition) is 2. The predicted octanol–water partition coefficient (Wildman–Crippen LogP) is 0.439. The van der Waals surface area contributed by atoms with Gasteiger partial charge in [0.25, 0.3) is 0 Å². The van der Waals surface area contributed by atoms with Crippen LogP contribution < -0.4 is 0 Å². The summed E-state index contributed by atoms with van der Waals surface area (Å²) in [5, 5.41) is 16.2. The SMILES string of the molecule is C[C@@H](O)/C=C/O. The Morgan fingerprint density at radius 2 is 2.17 bits per heavy atom. The van der Waals surface area contributed by atoms with E-state index >= 15 is 0 Å². The molecule has 0 heterocycles. The van der Waals surface area contributed by atoms with E-state index in [4.69, 9.17) is 10.2 Å². The molecule has 0 aliphatic carbocycles. The standard InChI is InChI=1S/C4H8O2/c1-4(6)2-3-5/h2-6H,1H3/b3-2+/t4-/m1/s1. The minimum atomic E-state index is -0.532. The van der Waals surface area contributed by atoms with Gasteiger partial charge in [-0.25, -0.2) is 0 Å². The highest BCUT2D eigenvalue weighted by Crippen LogP contribution is 1.76. The molecule has 36 valence electrons. The maximum Gasteiger partial charge on any atom is 0.0777 e. The fourth-order valence-electron chi connectivity index (χ4n) is 0.125. The molecule has 0 aromatic carbocycles. The molecular weight excluding hydrogens is 80.0 g/mol. The first-order chi connectivity index (χ1) is 2.77. The number of hydrogen-bond donors (Lipinski definition) is 2. The first kappa shape index (κ1) is 5.50. The molecule has 0 fully saturated rings. The van der Waals surface area contributed by atoms with Crippen molar-refractivity contribution >= 4 is 0 Å². The number of aliphatic hydroxyl groups excluding tert-OH is 2. The Balaban J connectivity index is 3.03. The van der Waals surface area contributed by atoms with E-state index in [9.17, 15) is 0 Å². The van der Waals surface area contributed by atoms with Gasteiger partial charge in [0.1, 0.15) is 0 Å². The highest BCUT2D eigenvalue weighted by Gasteiger charge is 1.79. The Kier molecular flexibility index (Phi) is 2.50. The summed E-state index contributed by atoms with van der Waals surface area (Å²) in [5.41, 5.74) is 0. The van der Waals surface area contributed by atoms with Crippen LogP contribution >= 0.6 is 0 Å². The van der Waals surface area contributed by atoms with Crippen molar-refractivity contribution in [2.75, 3.05) is 0 Å². The van der Waals surface area contributed by atoms with Crippen LogP contribution in [0.3, 0.4) is 0 Å². The van der Waals surface area contributed by atoms with E-state index in [-0.39, 0.29) is 0 Å². The zero-order chi connectivity index (χ0) is 4.99. The average Bonchev–Trinajstić information content (AvgIpc) is 1.35. The van der Waals surface area contributed by atoms with Gasteiger partial charge >= 0.3 is 0 Å². The second kappa shape index (κ2) is 2.72. The monoisotopic (exact) mass is 88.1 g/mol.